The van der Waals surface area contributed by atoms with E-state index in [-0.39, 0.29) is 11.9 Å². The molecule has 1 amide bonds. The first kappa shape index (κ1) is 20.2. The lowest BCUT2D eigenvalue weighted by atomic mass is 9.94. The Kier molecular flexibility index (Phi) is 6.68. The number of hydrogen-bond acceptors (Lipinski definition) is 4. The summed E-state index contributed by atoms with van der Waals surface area (Å²) in [7, 11) is 0. The van der Waals surface area contributed by atoms with Crippen LogP contribution >= 0.6 is 0 Å². The van der Waals surface area contributed by atoms with E-state index in [2.05, 4.69) is 27.4 Å². The molecule has 1 heterocycles. The van der Waals surface area contributed by atoms with Gasteiger partial charge in [0, 0.05) is 18.4 Å². The number of benzene rings is 2. The van der Waals surface area contributed by atoms with E-state index in [0.717, 1.165) is 16.7 Å². The summed E-state index contributed by atoms with van der Waals surface area (Å²) in [5.41, 5.74) is 3.61. The molecule has 0 saturated heterocycles. The Hall–Kier alpha value is -3.54. The van der Waals surface area contributed by atoms with Crippen molar-refractivity contribution in [3.8, 4) is 11.1 Å². The minimum Gasteiger partial charge on any atom is -0.481 e. The van der Waals surface area contributed by atoms with Gasteiger partial charge in [-0.25, -0.2) is 9.97 Å². The Balaban J connectivity index is 1.73. The van der Waals surface area contributed by atoms with Crippen LogP contribution in [0.15, 0.2) is 73.3 Å². The third-order valence-electron chi connectivity index (χ3n) is 4.76. The number of hydrogen-bond donors (Lipinski definition) is 2. The largest absolute Gasteiger partial charge is 0.481 e. The van der Waals surface area contributed by atoms with Crippen molar-refractivity contribution in [3.05, 3.63) is 84.4 Å². The molecule has 0 fully saturated rings. The molecule has 2 N–H and O–H groups in total. The second-order valence-corrected chi connectivity index (χ2v) is 7.04. The second-order valence-electron chi connectivity index (χ2n) is 7.04. The molecule has 0 aliphatic rings. The maximum absolute atomic E-state index is 12.5. The maximum atomic E-state index is 12.5. The number of carbonyl (C=O) groups excluding carboxylic acids is 1. The Labute approximate surface area is 169 Å². The molecule has 0 bridgehead atoms. The predicted octanol–water partition coefficient (Wildman–Crippen LogP) is 3.60. The van der Waals surface area contributed by atoms with E-state index in [1.807, 2.05) is 42.5 Å². The number of carboxylic acid groups (broad SMARTS) is 1. The average Bonchev–Trinajstić information content (AvgIpc) is 2.75. The fourth-order valence-corrected chi connectivity index (χ4v) is 3.15. The van der Waals surface area contributed by atoms with Crippen molar-refractivity contribution in [1.29, 1.82) is 0 Å². The molecule has 148 valence electrons. The van der Waals surface area contributed by atoms with E-state index in [1.54, 1.807) is 6.92 Å². The summed E-state index contributed by atoms with van der Waals surface area (Å²) in [4.78, 5) is 31.5. The quantitative estimate of drug-likeness (QED) is 0.614. The van der Waals surface area contributed by atoms with Crippen LogP contribution in [-0.2, 0) is 11.2 Å². The van der Waals surface area contributed by atoms with Gasteiger partial charge in [-0.05, 0) is 29.5 Å². The molecule has 29 heavy (non-hydrogen) atoms. The Morgan fingerprint density at radius 2 is 1.59 bits per heavy atom. The molecule has 3 aromatic rings. The number of aliphatic carboxylic acids is 1. The van der Waals surface area contributed by atoms with Crippen LogP contribution < -0.4 is 5.32 Å². The third-order valence-corrected chi connectivity index (χ3v) is 4.76. The smallest absolute Gasteiger partial charge is 0.306 e. The van der Waals surface area contributed by atoms with Gasteiger partial charge in [-0.1, -0.05) is 61.5 Å². The van der Waals surface area contributed by atoms with Crippen LogP contribution in [0.1, 0.15) is 29.3 Å². The number of amides is 1. The Morgan fingerprint density at radius 1 is 0.966 bits per heavy atom. The number of nitrogens with zero attached hydrogens (tertiary/aromatic N) is 2. The highest BCUT2D eigenvalue weighted by atomic mass is 16.4. The van der Waals surface area contributed by atoms with Crippen LogP contribution in [0.3, 0.4) is 0 Å². The summed E-state index contributed by atoms with van der Waals surface area (Å²) in [5.74, 6) is -1.77. The molecule has 6 heteroatoms. The first-order valence-electron chi connectivity index (χ1n) is 9.46. The van der Waals surface area contributed by atoms with E-state index >= 15 is 0 Å². The molecule has 0 radical (unpaired) electrons. The summed E-state index contributed by atoms with van der Waals surface area (Å²) >= 11 is 0. The fourth-order valence-electron chi connectivity index (χ4n) is 3.15. The van der Waals surface area contributed by atoms with E-state index in [0.29, 0.717) is 18.4 Å². The van der Waals surface area contributed by atoms with Gasteiger partial charge in [-0.3, -0.25) is 9.59 Å². The highest BCUT2D eigenvalue weighted by molar-refractivity contribution is 5.93. The zero-order chi connectivity index (χ0) is 20.6. The number of carboxylic acids is 1. The van der Waals surface area contributed by atoms with Gasteiger partial charge in [-0.2, -0.15) is 0 Å². The molecule has 0 aliphatic heterocycles. The molecule has 2 atom stereocenters. The first-order chi connectivity index (χ1) is 14.0. The molecule has 2 aromatic carbocycles. The predicted molar refractivity (Wildman–Crippen MR) is 110 cm³/mol. The van der Waals surface area contributed by atoms with Gasteiger partial charge in [0.1, 0.15) is 6.33 Å². The summed E-state index contributed by atoms with van der Waals surface area (Å²) in [6, 6.07) is 17.8. The summed E-state index contributed by atoms with van der Waals surface area (Å²) in [6.45, 7) is 1.64. The lowest BCUT2D eigenvalue weighted by molar-refractivity contribution is -0.141. The maximum Gasteiger partial charge on any atom is 0.306 e. The summed E-state index contributed by atoms with van der Waals surface area (Å²) in [6.07, 6.45) is 5.10. The van der Waals surface area contributed by atoms with Gasteiger partial charge in [0.2, 0.25) is 0 Å². The van der Waals surface area contributed by atoms with Crippen molar-refractivity contribution in [2.45, 2.75) is 25.8 Å². The van der Waals surface area contributed by atoms with Crippen LogP contribution in [0, 0.1) is 5.92 Å². The van der Waals surface area contributed by atoms with Crippen molar-refractivity contribution in [3.63, 3.8) is 0 Å². The highest BCUT2D eigenvalue weighted by Crippen LogP contribution is 2.20. The molecule has 0 spiro atoms. The normalized spacial score (nSPS) is 12.7. The molecule has 0 saturated carbocycles. The molecule has 1 aromatic heterocycles. The molecule has 0 unspecified atom stereocenters. The number of nitrogens with one attached hydrogen (secondary N) is 1. The van der Waals surface area contributed by atoms with Gasteiger partial charge < -0.3 is 10.4 Å². The number of rotatable bonds is 8. The van der Waals surface area contributed by atoms with Crippen molar-refractivity contribution < 1.29 is 14.7 Å². The van der Waals surface area contributed by atoms with E-state index in [4.69, 9.17) is 0 Å². The van der Waals surface area contributed by atoms with Crippen LogP contribution in [0.2, 0.25) is 0 Å². The van der Waals surface area contributed by atoms with Crippen molar-refractivity contribution >= 4 is 11.9 Å². The van der Waals surface area contributed by atoms with Crippen LogP contribution in [0.25, 0.3) is 11.1 Å². The molecular weight excluding hydrogens is 366 g/mol. The fraction of sp³-hybridized carbons (Fsp3) is 0.217. The van der Waals surface area contributed by atoms with E-state index in [9.17, 15) is 14.7 Å². The SMILES string of the molecule is C[C@H](C[C@@H](Cc1ccc(-c2ccccc2)cc1)NC(=O)c1cncnc1)C(=O)O. The monoisotopic (exact) mass is 389 g/mol. The third kappa shape index (κ3) is 5.72. The van der Waals surface area contributed by atoms with Crippen molar-refractivity contribution in [2.75, 3.05) is 0 Å². The lowest BCUT2D eigenvalue weighted by Gasteiger charge is -2.21. The topological polar surface area (TPSA) is 92.2 Å². The van der Waals surface area contributed by atoms with Gasteiger partial charge in [0.15, 0.2) is 0 Å². The van der Waals surface area contributed by atoms with Gasteiger partial charge in [-0.15, -0.1) is 0 Å². The van der Waals surface area contributed by atoms with E-state index < -0.39 is 11.9 Å². The number of carbonyl (C=O) groups is 2. The standard InChI is InChI=1S/C23H23N3O3/c1-16(23(28)29)11-21(26-22(27)20-13-24-15-25-14-20)12-17-7-9-19(10-8-17)18-5-3-2-4-6-18/h2-10,13-16,21H,11-12H2,1H3,(H,26,27)(H,28,29)/t16-,21+/m1/s1. The van der Waals surface area contributed by atoms with Gasteiger partial charge >= 0.3 is 5.97 Å². The molecule has 3 rings (SSSR count). The van der Waals surface area contributed by atoms with Crippen molar-refractivity contribution in [2.24, 2.45) is 5.92 Å². The summed E-state index contributed by atoms with van der Waals surface area (Å²) < 4.78 is 0. The zero-order valence-corrected chi connectivity index (χ0v) is 16.2. The van der Waals surface area contributed by atoms with Crippen LogP contribution in [0.5, 0.6) is 0 Å². The van der Waals surface area contributed by atoms with Crippen LogP contribution in [0.4, 0.5) is 0 Å². The molecule has 6 nitrogen and oxygen atoms in total. The zero-order valence-electron chi connectivity index (χ0n) is 16.2. The summed E-state index contributed by atoms with van der Waals surface area (Å²) in [5, 5.41) is 12.2. The van der Waals surface area contributed by atoms with Crippen LogP contribution in [-0.4, -0.2) is 33.0 Å². The van der Waals surface area contributed by atoms with Crippen molar-refractivity contribution in [1.82, 2.24) is 15.3 Å². The number of aromatic nitrogens is 2. The Morgan fingerprint density at radius 3 is 2.21 bits per heavy atom. The Bertz CT molecular complexity index is 944. The first-order valence-corrected chi connectivity index (χ1v) is 9.46. The molecule has 0 aliphatic carbocycles. The second kappa shape index (κ2) is 9.59. The highest BCUT2D eigenvalue weighted by Gasteiger charge is 2.21. The van der Waals surface area contributed by atoms with Gasteiger partial charge in [0.05, 0.1) is 11.5 Å². The average molecular weight is 389 g/mol. The molecular formula is C23H23N3O3. The minimum absolute atomic E-state index is 0.311. The minimum atomic E-state index is -0.883. The van der Waals surface area contributed by atoms with Gasteiger partial charge in [0.25, 0.3) is 5.91 Å². The lowest BCUT2D eigenvalue weighted by Crippen LogP contribution is -2.38. The van der Waals surface area contributed by atoms with E-state index in [1.165, 1.54) is 18.7 Å².